The summed E-state index contributed by atoms with van der Waals surface area (Å²) in [6.45, 7) is 3.61. The van der Waals surface area contributed by atoms with Gasteiger partial charge in [0.1, 0.15) is 12.2 Å². The molecule has 0 saturated carbocycles. The second kappa shape index (κ2) is 4.57. The molecule has 1 heterocycles. The summed E-state index contributed by atoms with van der Waals surface area (Å²) < 4.78 is 39.2. The molecule has 0 saturated heterocycles. The van der Waals surface area contributed by atoms with E-state index in [9.17, 15) is 13.2 Å². The van der Waals surface area contributed by atoms with Gasteiger partial charge in [0.05, 0.1) is 22.7 Å². The van der Waals surface area contributed by atoms with Gasteiger partial charge in [-0.25, -0.2) is 4.98 Å². The summed E-state index contributed by atoms with van der Waals surface area (Å²) in [5.74, 6) is -0.0208. The van der Waals surface area contributed by atoms with E-state index in [1.165, 1.54) is 6.07 Å². The first-order valence-electron chi connectivity index (χ1n) is 5.79. The van der Waals surface area contributed by atoms with Crippen molar-refractivity contribution in [3.63, 3.8) is 0 Å². The maximum atomic E-state index is 12.6. The number of aromatic nitrogens is 2. The summed E-state index contributed by atoms with van der Waals surface area (Å²) in [5, 5.41) is 8.80. The van der Waals surface area contributed by atoms with Crippen LogP contribution in [0.2, 0.25) is 0 Å². The minimum atomic E-state index is -4.30. The molecule has 3 nitrogen and oxygen atoms in total. The van der Waals surface area contributed by atoms with Crippen LogP contribution in [0.25, 0.3) is 11.0 Å². The van der Waals surface area contributed by atoms with Crippen LogP contribution in [-0.4, -0.2) is 15.7 Å². The van der Waals surface area contributed by atoms with E-state index in [2.05, 4.69) is 4.98 Å². The molecule has 0 spiro atoms. The first-order valence-corrected chi connectivity index (χ1v) is 5.79. The minimum absolute atomic E-state index is 0.0208. The fourth-order valence-corrected chi connectivity index (χ4v) is 2.10. The number of imidazole rings is 1. The molecule has 0 aliphatic heterocycles. The molecule has 0 atom stereocenters. The molecule has 0 N–H and O–H groups in total. The lowest BCUT2D eigenvalue weighted by atomic mass is 10.2. The summed E-state index contributed by atoms with van der Waals surface area (Å²) in [4.78, 5) is 4.02. The van der Waals surface area contributed by atoms with Gasteiger partial charge in [-0.15, -0.1) is 0 Å². The fourth-order valence-electron chi connectivity index (χ4n) is 2.10. The van der Waals surface area contributed by atoms with Gasteiger partial charge in [-0.05, 0) is 32.0 Å². The Hall–Kier alpha value is -2.03. The lowest BCUT2D eigenvalue weighted by Crippen LogP contribution is -2.17. The van der Waals surface area contributed by atoms with Gasteiger partial charge in [0, 0.05) is 6.04 Å². The summed E-state index contributed by atoms with van der Waals surface area (Å²) in [7, 11) is 0. The lowest BCUT2D eigenvalue weighted by molar-refractivity contribution is -0.129. The Morgan fingerprint density at radius 1 is 1.37 bits per heavy atom. The maximum absolute atomic E-state index is 12.6. The third kappa shape index (κ3) is 2.70. The number of nitriles is 1. The van der Waals surface area contributed by atoms with Crippen molar-refractivity contribution >= 4 is 11.0 Å². The Kier molecular flexibility index (Phi) is 3.23. The summed E-state index contributed by atoms with van der Waals surface area (Å²) in [5.41, 5.74) is 1.43. The van der Waals surface area contributed by atoms with Crippen LogP contribution in [0.1, 0.15) is 31.3 Å². The normalized spacial score (nSPS) is 12.1. The number of benzene rings is 1. The second-order valence-corrected chi connectivity index (χ2v) is 4.60. The van der Waals surface area contributed by atoms with Gasteiger partial charge >= 0.3 is 6.18 Å². The molecule has 0 fully saturated rings. The van der Waals surface area contributed by atoms with E-state index < -0.39 is 12.6 Å². The van der Waals surface area contributed by atoms with Crippen LogP contribution in [0, 0.1) is 11.3 Å². The van der Waals surface area contributed by atoms with Gasteiger partial charge in [0.15, 0.2) is 0 Å². The zero-order valence-corrected chi connectivity index (χ0v) is 10.5. The molecular weight excluding hydrogens is 255 g/mol. The highest BCUT2D eigenvalue weighted by molar-refractivity contribution is 5.78. The molecule has 6 heteroatoms. The summed E-state index contributed by atoms with van der Waals surface area (Å²) >= 11 is 0. The van der Waals surface area contributed by atoms with E-state index >= 15 is 0 Å². The van der Waals surface area contributed by atoms with Gasteiger partial charge < -0.3 is 4.57 Å². The van der Waals surface area contributed by atoms with Crippen molar-refractivity contribution in [2.45, 2.75) is 32.5 Å². The van der Waals surface area contributed by atoms with Crippen molar-refractivity contribution in [2.24, 2.45) is 0 Å². The number of nitrogens with zero attached hydrogens (tertiary/aromatic N) is 3. The van der Waals surface area contributed by atoms with Crippen LogP contribution >= 0.6 is 0 Å². The largest absolute Gasteiger partial charge is 0.396 e. The van der Waals surface area contributed by atoms with E-state index in [4.69, 9.17) is 5.26 Å². The van der Waals surface area contributed by atoms with Crippen molar-refractivity contribution in [1.29, 1.82) is 5.26 Å². The number of hydrogen-bond acceptors (Lipinski definition) is 2. The van der Waals surface area contributed by atoms with E-state index in [1.807, 2.05) is 6.07 Å². The molecule has 0 aliphatic carbocycles. The van der Waals surface area contributed by atoms with Crippen molar-refractivity contribution in [3.05, 3.63) is 29.6 Å². The minimum Gasteiger partial charge on any atom is -0.325 e. The monoisotopic (exact) mass is 267 g/mol. The smallest absolute Gasteiger partial charge is 0.325 e. The highest BCUT2D eigenvalue weighted by atomic mass is 19.4. The zero-order chi connectivity index (χ0) is 14.2. The molecule has 0 radical (unpaired) electrons. The molecule has 0 unspecified atom stereocenters. The molecule has 100 valence electrons. The fraction of sp³-hybridized carbons (Fsp3) is 0.385. The van der Waals surface area contributed by atoms with Gasteiger partial charge in [-0.2, -0.15) is 18.4 Å². The molecule has 1 aromatic heterocycles. The van der Waals surface area contributed by atoms with Gasteiger partial charge in [-0.3, -0.25) is 0 Å². The Balaban J connectivity index is 2.63. The zero-order valence-electron chi connectivity index (χ0n) is 10.5. The summed E-state index contributed by atoms with van der Waals surface area (Å²) in [6.07, 6.45) is -5.37. The van der Waals surface area contributed by atoms with Crippen LogP contribution in [0.4, 0.5) is 13.2 Å². The molecule has 2 rings (SSSR count). The maximum Gasteiger partial charge on any atom is 0.396 e. The van der Waals surface area contributed by atoms with Crippen molar-refractivity contribution in [2.75, 3.05) is 0 Å². The van der Waals surface area contributed by atoms with Crippen LogP contribution in [0.15, 0.2) is 18.2 Å². The van der Waals surface area contributed by atoms with Crippen LogP contribution in [-0.2, 0) is 6.42 Å². The van der Waals surface area contributed by atoms with Crippen molar-refractivity contribution < 1.29 is 13.2 Å². The second-order valence-electron chi connectivity index (χ2n) is 4.60. The first-order chi connectivity index (χ1) is 8.81. The Morgan fingerprint density at radius 2 is 2.05 bits per heavy atom. The Bertz CT molecular complexity index is 647. The quantitative estimate of drug-likeness (QED) is 0.834. The van der Waals surface area contributed by atoms with E-state index in [-0.39, 0.29) is 11.9 Å². The predicted octanol–water partition coefficient (Wildman–Crippen LogP) is 3.59. The topological polar surface area (TPSA) is 41.6 Å². The van der Waals surface area contributed by atoms with E-state index in [1.54, 1.807) is 30.5 Å². The lowest BCUT2D eigenvalue weighted by Gasteiger charge is -2.14. The van der Waals surface area contributed by atoms with E-state index in [0.717, 1.165) is 0 Å². The molecule has 1 aromatic carbocycles. The van der Waals surface area contributed by atoms with Gasteiger partial charge in [0.25, 0.3) is 0 Å². The third-order valence-corrected chi connectivity index (χ3v) is 2.77. The number of rotatable bonds is 2. The number of halogens is 3. The van der Waals surface area contributed by atoms with Crippen molar-refractivity contribution in [3.8, 4) is 6.07 Å². The SMILES string of the molecule is CC(C)n1c(CC(F)(F)F)nc2cc(C#N)ccc21. The molecule has 0 bridgehead atoms. The number of alkyl halides is 3. The predicted molar refractivity (Wildman–Crippen MR) is 64.6 cm³/mol. The number of fused-ring (bicyclic) bond motifs is 1. The van der Waals surface area contributed by atoms with Crippen LogP contribution in [0.5, 0.6) is 0 Å². The molecular formula is C13H12F3N3. The number of hydrogen-bond donors (Lipinski definition) is 0. The molecule has 2 aromatic rings. The highest BCUT2D eigenvalue weighted by Crippen LogP contribution is 2.27. The Morgan fingerprint density at radius 3 is 2.58 bits per heavy atom. The molecule has 0 amide bonds. The average Bonchev–Trinajstić information content (AvgIpc) is 2.62. The third-order valence-electron chi connectivity index (χ3n) is 2.77. The van der Waals surface area contributed by atoms with Crippen molar-refractivity contribution in [1.82, 2.24) is 9.55 Å². The molecule has 19 heavy (non-hydrogen) atoms. The van der Waals surface area contributed by atoms with Crippen LogP contribution < -0.4 is 0 Å². The highest BCUT2D eigenvalue weighted by Gasteiger charge is 2.31. The standard InChI is InChI=1S/C13H12F3N3/c1-8(2)19-11-4-3-9(7-17)5-10(11)18-12(19)6-13(14,15)16/h3-5,8H,6H2,1-2H3. The first kappa shape index (κ1) is 13.4. The molecule has 0 aliphatic rings. The van der Waals surface area contributed by atoms with Crippen LogP contribution in [0.3, 0.4) is 0 Å². The summed E-state index contributed by atoms with van der Waals surface area (Å²) in [6, 6.07) is 6.56. The van der Waals surface area contributed by atoms with E-state index in [0.29, 0.717) is 16.6 Å². The van der Waals surface area contributed by atoms with Gasteiger partial charge in [0.2, 0.25) is 0 Å². The Labute approximate surface area is 108 Å². The average molecular weight is 267 g/mol. The van der Waals surface area contributed by atoms with Gasteiger partial charge in [-0.1, -0.05) is 0 Å².